The molecule has 0 fully saturated rings. The molecule has 0 aliphatic carbocycles. The second-order valence-corrected chi connectivity index (χ2v) is 4.30. The molecule has 2 aromatic heterocycles. The largest absolute Gasteiger partial charge is 0.496 e. The van der Waals surface area contributed by atoms with Gasteiger partial charge in [0.05, 0.1) is 12.7 Å². The minimum Gasteiger partial charge on any atom is -0.496 e. The molecule has 0 spiro atoms. The van der Waals surface area contributed by atoms with E-state index < -0.39 is 0 Å². The van der Waals surface area contributed by atoms with Crippen molar-refractivity contribution in [2.24, 2.45) is 7.05 Å². The molecule has 19 heavy (non-hydrogen) atoms. The standard InChI is InChI=1S/C14H14N4O/c1-18-13(17-11-4-3-7-16-14(11)18)10-6-5-9(15)8-12(10)19-2/h3-8H,15H2,1-2H3. The highest BCUT2D eigenvalue weighted by Gasteiger charge is 2.14. The quantitative estimate of drug-likeness (QED) is 0.712. The van der Waals surface area contributed by atoms with Crippen LogP contribution in [0.4, 0.5) is 5.69 Å². The number of hydrogen-bond acceptors (Lipinski definition) is 4. The van der Waals surface area contributed by atoms with Gasteiger partial charge in [-0.05, 0) is 24.3 Å². The zero-order chi connectivity index (χ0) is 13.4. The molecule has 0 saturated heterocycles. The van der Waals surface area contributed by atoms with Crippen molar-refractivity contribution in [2.75, 3.05) is 12.8 Å². The minimum absolute atomic E-state index is 0.664. The van der Waals surface area contributed by atoms with Crippen LogP contribution in [-0.4, -0.2) is 21.6 Å². The number of fused-ring (bicyclic) bond motifs is 1. The number of ether oxygens (including phenoxy) is 1. The number of pyridine rings is 1. The van der Waals surface area contributed by atoms with Crippen molar-refractivity contribution in [3.05, 3.63) is 36.5 Å². The van der Waals surface area contributed by atoms with Crippen molar-refractivity contribution < 1.29 is 4.74 Å². The highest BCUT2D eigenvalue weighted by atomic mass is 16.5. The van der Waals surface area contributed by atoms with E-state index in [4.69, 9.17) is 10.5 Å². The molecule has 0 saturated carbocycles. The lowest BCUT2D eigenvalue weighted by Gasteiger charge is -2.09. The number of nitrogens with zero attached hydrogens (tertiary/aromatic N) is 3. The topological polar surface area (TPSA) is 66.0 Å². The van der Waals surface area contributed by atoms with Crippen molar-refractivity contribution in [1.29, 1.82) is 0 Å². The monoisotopic (exact) mass is 254 g/mol. The Morgan fingerprint density at radius 3 is 2.84 bits per heavy atom. The van der Waals surface area contributed by atoms with E-state index in [0.717, 1.165) is 22.6 Å². The van der Waals surface area contributed by atoms with E-state index in [1.165, 1.54) is 0 Å². The fourth-order valence-electron chi connectivity index (χ4n) is 2.16. The molecule has 2 heterocycles. The van der Waals surface area contributed by atoms with Gasteiger partial charge in [0, 0.05) is 25.0 Å². The highest BCUT2D eigenvalue weighted by molar-refractivity contribution is 5.79. The number of nitrogen functional groups attached to an aromatic ring is 1. The molecular formula is C14H14N4O. The van der Waals surface area contributed by atoms with Crippen LogP contribution >= 0.6 is 0 Å². The second kappa shape index (κ2) is 4.28. The van der Waals surface area contributed by atoms with Gasteiger partial charge < -0.3 is 15.0 Å². The summed E-state index contributed by atoms with van der Waals surface area (Å²) < 4.78 is 7.33. The van der Waals surface area contributed by atoms with Gasteiger partial charge in [-0.2, -0.15) is 0 Å². The first kappa shape index (κ1) is 11.5. The number of anilines is 1. The fourth-order valence-corrected chi connectivity index (χ4v) is 2.16. The lowest BCUT2D eigenvalue weighted by Crippen LogP contribution is -1.97. The number of methoxy groups -OCH3 is 1. The summed E-state index contributed by atoms with van der Waals surface area (Å²) in [5.41, 5.74) is 9.04. The lowest BCUT2D eigenvalue weighted by atomic mass is 10.1. The van der Waals surface area contributed by atoms with E-state index in [-0.39, 0.29) is 0 Å². The average molecular weight is 254 g/mol. The van der Waals surface area contributed by atoms with Crippen LogP contribution in [0.3, 0.4) is 0 Å². The molecule has 0 amide bonds. The van der Waals surface area contributed by atoms with Crippen LogP contribution in [0.25, 0.3) is 22.6 Å². The normalized spacial score (nSPS) is 10.8. The fraction of sp³-hybridized carbons (Fsp3) is 0.143. The molecule has 0 atom stereocenters. The van der Waals surface area contributed by atoms with Gasteiger partial charge in [-0.3, -0.25) is 0 Å². The van der Waals surface area contributed by atoms with Crippen molar-refractivity contribution in [1.82, 2.24) is 14.5 Å². The van der Waals surface area contributed by atoms with Crippen molar-refractivity contribution in [3.8, 4) is 17.1 Å². The molecule has 3 rings (SSSR count). The van der Waals surface area contributed by atoms with Crippen LogP contribution in [0.5, 0.6) is 5.75 Å². The third kappa shape index (κ3) is 1.79. The van der Waals surface area contributed by atoms with Gasteiger partial charge in [0.2, 0.25) is 0 Å². The maximum atomic E-state index is 5.77. The third-order valence-electron chi connectivity index (χ3n) is 3.09. The third-order valence-corrected chi connectivity index (χ3v) is 3.09. The molecule has 0 aliphatic heterocycles. The number of rotatable bonds is 2. The summed E-state index contributed by atoms with van der Waals surface area (Å²) in [7, 11) is 3.56. The summed E-state index contributed by atoms with van der Waals surface area (Å²) in [6.45, 7) is 0. The summed E-state index contributed by atoms with van der Waals surface area (Å²) >= 11 is 0. The van der Waals surface area contributed by atoms with Crippen LogP contribution in [0.2, 0.25) is 0 Å². The Balaban J connectivity index is 2.27. The second-order valence-electron chi connectivity index (χ2n) is 4.30. The SMILES string of the molecule is COc1cc(N)ccc1-c1nc2cccnc2n1C. The maximum Gasteiger partial charge on any atom is 0.160 e. The van der Waals surface area contributed by atoms with Crippen LogP contribution < -0.4 is 10.5 Å². The van der Waals surface area contributed by atoms with E-state index >= 15 is 0 Å². The Bertz CT molecular complexity index is 748. The summed E-state index contributed by atoms with van der Waals surface area (Å²) in [4.78, 5) is 8.94. The summed E-state index contributed by atoms with van der Waals surface area (Å²) in [5.74, 6) is 1.52. The Labute approximate surface area is 110 Å². The van der Waals surface area contributed by atoms with Gasteiger partial charge in [0.1, 0.15) is 17.1 Å². The molecule has 0 unspecified atom stereocenters. The molecule has 5 nitrogen and oxygen atoms in total. The Kier molecular flexibility index (Phi) is 2.59. The molecule has 0 bridgehead atoms. The molecular weight excluding hydrogens is 240 g/mol. The zero-order valence-electron chi connectivity index (χ0n) is 10.8. The first-order chi connectivity index (χ1) is 9.20. The summed E-state index contributed by atoms with van der Waals surface area (Å²) in [6.07, 6.45) is 1.76. The van der Waals surface area contributed by atoms with E-state index in [2.05, 4.69) is 9.97 Å². The van der Waals surface area contributed by atoms with E-state index in [1.807, 2.05) is 35.9 Å². The van der Waals surface area contributed by atoms with Gasteiger partial charge in [0.25, 0.3) is 0 Å². The first-order valence-electron chi connectivity index (χ1n) is 5.92. The maximum absolute atomic E-state index is 5.77. The Morgan fingerprint density at radius 2 is 2.11 bits per heavy atom. The van der Waals surface area contributed by atoms with Crippen LogP contribution in [0, 0.1) is 0 Å². The van der Waals surface area contributed by atoms with E-state index in [9.17, 15) is 0 Å². The van der Waals surface area contributed by atoms with Gasteiger partial charge in [-0.15, -0.1) is 0 Å². The molecule has 1 aromatic carbocycles. The predicted octanol–water partition coefficient (Wildman–Crippen LogP) is 2.23. The zero-order valence-corrected chi connectivity index (χ0v) is 10.8. The van der Waals surface area contributed by atoms with Crippen LogP contribution in [-0.2, 0) is 7.05 Å². The first-order valence-corrected chi connectivity index (χ1v) is 5.92. The van der Waals surface area contributed by atoms with Crippen molar-refractivity contribution in [3.63, 3.8) is 0 Å². The molecule has 0 aliphatic rings. The van der Waals surface area contributed by atoms with E-state index in [1.54, 1.807) is 19.4 Å². The minimum atomic E-state index is 0.664. The number of imidazole rings is 1. The van der Waals surface area contributed by atoms with Crippen molar-refractivity contribution >= 4 is 16.9 Å². The van der Waals surface area contributed by atoms with Crippen molar-refractivity contribution in [2.45, 2.75) is 0 Å². The Hall–Kier alpha value is -2.56. The molecule has 2 N–H and O–H groups in total. The number of benzene rings is 1. The van der Waals surface area contributed by atoms with E-state index in [0.29, 0.717) is 11.4 Å². The lowest BCUT2D eigenvalue weighted by molar-refractivity contribution is 0.416. The molecule has 96 valence electrons. The molecule has 3 aromatic rings. The Morgan fingerprint density at radius 1 is 1.26 bits per heavy atom. The van der Waals surface area contributed by atoms with Gasteiger partial charge in [0.15, 0.2) is 5.65 Å². The highest BCUT2D eigenvalue weighted by Crippen LogP contribution is 2.32. The van der Waals surface area contributed by atoms with Gasteiger partial charge >= 0.3 is 0 Å². The summed E-state index contributed by atoms with van der Waals surface area (Å²) in [5, 5.41) is 0. The average Bonchev–Trinajstić information content (AvgIpc) is 2.76. The van der Waals surface area contributed by atoms with Crippen LogP contribution in [0.1, 0.15) is 0 Å². The summed E-state index contributed by atoms with van der Waals surface area (Å²) in [6, 6.07) is 9.36. The van der Waals surface area contributed by atoms with Crippen LogP contribution in [0.15, 0.2) is 36.5 Å². The number of aryl methyl sites for hydroxylation is 1. The predicted molar refractivity (Wildman–Crippen MR) is 74.9 cm³/mol. The number of aromatic nitrogens is 3. The number of nitrogens with two attached hydrogens (primary N) is 1. The molecule has 5 heteroatoms. The number of hydrogen-bond donors (Lipinski definition) is 1. The molecule has 0 radical (unpaired) electrons. The van der Waals surface area contributed by atoms with Gasteiger partial charge in [-0.25, -0.2) is 9.97 Å². The van der Waals surface area contributed by atoms with Gasteiger partial charge in [-0.1, -0.05) is 0 Å². The smallest absolute Gasteiger partial charge is 0.160 e.